The summed E-state index contributed by atoms with van der Waals surface area (Å²) >= 11 is 1.77. The van der Waals surface area contributed by atoms with Gasteiger partial charge in [-0.05, 0) is 27.1 Å². The Kier molecular flexibility index (Phi) is 8.30. The zero-order valence-corrected chi connectivity index (χ0v) is 14.5. The van der Waals surface area contributed by atoms with Crippen molar-refractivity contribution < 1.29 is 0 Å². The predicted molar refractivity (Wildman–Crippen MR) is 88.2 cm³/mol. The number of likely N-dealkylation sites (N-methyl/N-ethyl adjacent to an activating group) is 1. The van der Waals surface area contributed by atoms with Crippen molar-refractivity contribution in [1.29, 1.82) is 0 Å². The molecule has 0 unspecified atom stereocenters. The van der Waals surface area contributed by atoms with Crippen LogP contribution >= 0.6 is 11.3 Å². The quantitative estimate of drug-likeness (QED) is 0.719. The monoisotopic (exact) mass is 298 g/mol. The third-order valence-electron chi connectivity index (χ3n) is 3.05. The molecule has 1 aromatic rings. The Morgan fingerprint density at radius 1 is 1.25 bits per heavy atom. The van der Waals surface area contributed by atoms with Gasteiger partial charge in [-0.3, -0.25) is 4.90 Å². The van der Waals surface area contributed by atoms with Crippen LogP contribution in [0, 0.1) is 0 Å². The van der Waals surface area contributed by atoms with Gasteiger partial charge in [0.05, 0.1) is 5.69 Å². The van der Waals surface area contributed by atoms with Crippen LogP contribution in [0.1, 0.15) is 37.9 Å². The highest BCUT2D eigenvalue weighted by atomic mass is 32.1. The summed E-state index contributed by atoms with van der Waals surface area (Å²) in [6.45, 7) is 11.8. The van der Waals surface area contributed by atoms with E-state index in [-0.39, 0.29) is 0 Å². The topological polar surface area (TPSA) is 31.4 Å². The summed E-state index contributed by atoms with van der Waals surface area (Å²) in [5.41, 5.74) is 1.21. The molecule has 1 N–H and O–H groups in total. The highest BCUT2D eigenvalue weighted by molar-refractivity contribution is 7.09. The normalized spacial score (nSPS) is 12.0. The van der Waals surface area contributed by atoms with E-state index in [1.165, 1.54) is 17.1 Å². The van der Waals surface area contributed by atoms with Crippen LogP contribution in [0.5, 0.6) is 0 Å². The zero-order valence-electron chi connectivity index (χ0n) is 13.6. The molecule has 1 rings (SSSR count). The van der Waals surface area contributed by atoms with E-state index >= 15 is 0 Å². The standard InChI is InChI=1S/C15H30N4S/c1-6-7-19(9-8-18(4)5)11-14-12-20-15(17-14)10-16-13(2)3/h12-13,16H,6-11H2,1-5H3. The van der Waals surface area contributed by atoms with Crippen molar-refractivity contribution in [3.8, 4) is 0 Å². The molecule has 0 aliphatic rings. The largest absolute Gasteiger partial charge is 0.308 e. The Morgan fingerprint density at radius 3 is 2.60 bits per heavy atom. The number of hydrogen-bond donors (Lipinski definition) is 1. The molecule has 20 heavy (non-hydrogen) atoms. The molecule has 4 nitrogen and oxygen atoms in total. The number of rotatable bonds is 10. The average molecular weight is 298 g/mol. The van der Waals surface area contributed by atoms with Gasteiger partial charge in [0.15, 0.2) is 0 Å². The molecule has 0 bridgehead atoms. The number of hydrogen-bond acceptors (Lipinski definition) is 5. The molecule has 0 radical (unpaired) electrons. The van der Waals surface area contributed by atoms with Crippen LogP contribution in [0.25, 0.3) is 0 Å². The van der Waals surface area contributed by atoms with E-state index in [4.69, 9.17) is 4.98 Å². The fourth-order valence-corrected chi connectivity index (χ4v) is 2.69. The minimum atomic E-state index is 0.513. The van der Waals surface area contributed by atoms with E-state index in [1.54, 1.807) is 11.3 Å². The van der Waals surface area contributed by atoms with Gasteiger partial charge in [0, 0.05) is 37.6 Å². The SMILES string of the molecule is CCCN(CCN(C)C)Cc1csc(CNC(C)C)n1. The first kappa shape index (κ1) is 17.6. The van der Waals surface area contributed by atoms with Crippen molar-refractivity contribution in [3.05, 3.63) is 16.1 Å². The van der Waals surface area contributed by atoms with Crippen molar-refractivity contribution in [1.82, 2.24) is 20.1 Å². The van der Waals surface area contributed by atoms with E-state index < -0.39 is 0 Å². The Bertz CT molecular complexity index is 363. The second-order valence-corrected chi connectivity index (χ2v) is 6.79. The van der Waals surface area contributed by atoms with Crippen LogP contribution in [0.2, 0.25) is 0 Å². The van der Waals surface area contributed by atoms with Crippen LogP contribution in [-0.2, 0) is 13.1 Å². The molecule has 0 spiro atoms. The maximum absolute atomic E-state index is 4.73. The molecule has 0 amide bonds. The van der Waals surface area contributed by atoms with Crippen molar-refractivity contribution in [2.45, 2.75) is 46.3 Å². The number of aromatic nitrogens is 1. The fraction of sp³-hybridized carbons (Fsp3) is 0.800. The van der Waals surface area contributed by atoms with Gasteiger partial charge >= 0.3 is 0 Å². The second-order valence-electron chi connectivity index (χ2n) is 5.85. The first-order valence-corrected chi connectivity index (χ1v) is 8.43. The van der Waals surface area contributed by atoms with Crippen LogP contribution in [0.15, 0.2) is 5.38 Å². The molecule has 0 atom stereocenters. The van der Waals surface area contributed by atoms with E-state index in [0.717, 1.165) is 32.7 Å². The average Bonchev–Trinajstić information content (AvgIpc) is 2.81. The van der Waals surface area contributed by atoms with Crippen molar-refractivity contribution in [2.75, 3.05) is 33.7 Å². The minimum absolute atomic E-state index is 0.513. The highest BCUT2D eigenvalue weighted by Gasteiger charge is 2.09. The number of nitrogens with zero attached hydrogens (tertiary/aromatic N) is 3. The molecule has 0 saturated heterocycles. The summed E-state index contributed by atoms with van der Waals surface area (Å²) in [4.78, 5) is 9.46. The molecule has 0 aliphatic heterocycles. The number of nitrogens with one attached hydrogen (secondary N) is 1. The van der Waals surface area contributed by atoms with Crippen LogP contribution in [0.3, 0.4) is 0 Å². The Morgan fingerprint density at radius 2 is 2.00 bits per heavy atom. The molecule has 0 saturated carbocycles. The van der Waals surface area contributed by atoms with E-state index in [1.807, 2.05) is 0 Å². The van der Waals surface area contributed by atoms with Gasteiger partial charge in [-0.1, -0.05) is 20.8 Å². The molecule has 1 heterocycles. The van der Waals surface area contributed by atoms with E-state index in [2.05, 4.69) is 55.4 Å². The van der Waals surface area contributed by atoms with E-state index in [0.29, 0.717) is 6.04 Å². The molecule has 116 valence electrons. The summed E-state index contributed by atoms with van der Waals surface area (Å²) in [5, 5.41) is 6.82. The molecular formula is C15H30N4S. The Labute approximate surface area is 128 Å². The smallest absolute Gasteiger partial charge is 0.107 e. The van der Waals surface area contributed by atoms with Crippen molar-refractivity contribution >= 4 is 11.3 Å². The van der Waals surface area contributed by atoms with E-state index in [9.17, 15) is 0 Å². The van der Waals surface area contributed by atoms with Crippen molar-refractivity contribution in [3.63, 3.8) is 0 Å². The first-order chi connectivity index (χ1) is 9.51. The first-order valence-electron chi connectivity index (χ1n) is 7.55. The summed E-state index contributed by atoms with van der Waals surface area (Å²) in [6.07, 6.45) is 1.19. The summed E-state index contributed by atoms with van der Waals surface area (Å²) in [6, 6.07) is 0.513. The molecule has 5 heteroatoms. The van der Waals surface area contributed by atoms with Gasteiger partial charge in [0.2, 0.25) is 0 Å². The minimum Gasteiger partial charge on any atom is -0.308 e. The maximum atomic E-state index is 4.73. The predicted octanol–water partition coefficient (Wildman–Crippen LogP) is 2.41. The van der Waals surface area contributed by atoms with Gasteiger partial charge in [0.25, 0.3) is 0 Å². The summed E-state index contributed by atoms with van der Waals surface area (Å²) in [5.74, 6) is 0. The lowest BCUT2D eigenvalue weighted by Gasteiger charge is -2.22. The fourth-order valence-electron chi connectivity index (χ4n) is 1.95. The number of thiazole rings is 1. The summed E-state index contributed by atoms with van der Waals surface area (Å²) in [7, 11) is 4.26. The van der Waals surface area contributed by atoms with Crippen LogP contribution in [-0.4, -0.2) is 54.6 Å². The third-order valence-corrected chi connectivity index (χ3v) is 3.95. The lowest BCUT2D eigenvalue weighted by molar-refractivity contribution is 0.232. The van der Waals surface area contributed by atoms with Gasteiger partial charge in [0.1, 0.15) is 5.01 Å². The molecule has 0 aromatic carbocycles. The zero-order chi connectivity index (χ0) is 15.0. The molecule has 0 aliphatic carbocycles. The lowest BCUT2D eigenvalue weighted by atomic mass is 10.3. The highest BCUT2D eigenvalue weighted by Crippen LogP contribution is 2.12. The molecular weight excluding hydrogens is 268 g/mol. The Balaban J connectivity index is 2.46. The molecule has 0 fully saturated rings. The van der Waals surface area contributed by atoms with Gasteiger partial charge in [-0.25, -0.2) is 4.98 Å². The Hall–Kier alpha value is -0.490. The van der Waals surface area contributed by atoms with Crippen LogP contribution < -0.4 is 5.32 Å². The summed E-state index contributed by atoms with van der Waals surface area (Å²) < 4.78 is 0. The molecule has 1 aromatic heterocycles. The van der Waals surface area contributed by atoms with Gasteiger partial charge in [-0.2, -0.15) is 0 Å². The van der Waals surface area contributed by atoms with Crippen molar-refractivity contribution in [2.24, 2.45) is 0 Å². The van der Waals surface area contributed by atoms with Crippen LogP contribution in [0.4, 0.5) is 0 Å². The maximum Gasteiger partial charge on any atom is 0.107 e. The third kappa shape index (κ3) is 7.33. The second kappa shape index (κ2) is 9.45. The lowest BCUT2D eigenvalue weighted by Crippen LogP contribution is -2.32. The van der Waals surface area contributed by atoms with Gasteiger partial charge < -0.3 is 10.2 Å². The van der Waals surface area contributed by atoms with Gasteiger partial charge in [-0.15, -0.1) is 11.3 Å².